The first-order chi connectivity index (χ1) is 11.7. The average molecular weight is 375 g/mol. The summed E-state index contributed by atoms with van der Waals surface area (Å²) in [5, 5.41) is 4.05. The van der Waals surface area contributed by atoms with Crippen LogP contribution in [-0.4, -0.2) is 18.0 Å². The van der Waals surface area contributed by atoms with Gasteiger partial charge in [0.2, 0.25) is 0 Å². The van der Waals surface area contributed by atoms with Crippen LogP contribution in [0.4, 0.5) is 23.2 Å². The highest BCUT2D eigenvalue weighted by Crippen LogP contribution is 2.20. The molecule has 132 valence electrons. The Labute approximate surface area is 144 Å². The monoisotopic (exact) mass is 374 g/mol. The molecule has 0 saturated carbocycles. The number of nitrogens with one attached hydrogen (secondary N) is 2. The van der Waals surface area contributed by atoms with Crippen LogP contribution in [0.15, 0.2) is 42.5 Å². The fraction of sp³-hybridized carbons (Fsp3) is 0.125. The van der Waals surface area contributed by atoms with Crippen molar-refractivity contribution < 1.29 is 27.2 Å². The summed E-state index contributed by atoms with van der Waals surface area (Å²) in [6.07, 6.45) is -5.01. The summed E-state index contributed by atoms with van der Waals surface area (Å²) in [6, 6.07) is 9.23. The van der Waals surface area contributed by atoms with Gasteiger partial charge in [0.15, 0.2) is 0 Å². The molecule has 0 atom stereocenters. The lowest BCUT2D eigenvalue weighted by Gasteiger charge is -2.11. The van der Waals surface area contributed by atoms with Crippen molar-refractivity contribution in [2.75, 3.05) is 5.32 Å². The molecule has 2 amide bonds. The highest BCUT2D eigenvalue weighted by Gasteiger charge is 2.38. The topological polar surface area (TPSA) is 58.2 Å². The normalized spacial score (nSPS) is 11.1. The molecule has 0 aliphatic heterocycles. The second-order valence-corrected chi connectivity index (χ2v) is 5.34. The van der Waals surface area contributed by atoms with E-state index in [1.807, 2.05) is 0 Å². The van der Waals surface area contributed by atoms with Crippen molar-refractivity contribution in [2.45, 2.75) is 12.7 Å². The number of hydrogen-bond donors (Lipinski definition) is 2. The highest BCUT2D eigenvalue weighted by molar-refractivity contribution is 6.33. The molecular weight excluding hydrogens is 364 g/mol. The third-order valence-electron chi connectivity index (χ3n) is 3.09. The van der Waals surface area contributed by atoms with Crippen LogP contribution in [-0.2, 0) is 11.3 Å². The third kappa shape index (κ3) is 4.93. The number of alkyl halides is 3. The summed E-state index contributed by atoms with van der Waals surface area (Å²) >= 11 is 5.78. The summed E-state index contributed by atoms with van der Waals surface area (Å²) < 4.78 is 50.4. The molecule has 0 bridgehead atoms. The van der Waals surface area contributed by atoms with Crippen LogP contribution in [0.5, 0.6) is 0 Å². The molecule has 0 heterocycles. The van der Waals surface area contributed by atoms with Gasteiger partial charge in [-0.15, -0.1) is 0 Å². The number of carbonyl (C=O) groups is 2. The van der Waals surface area contributed by atoms with E-state index >= 15 is 0 Å². The molecule has 25 heavy (non-hydrogen) atoms. The SMILES string of the molecule is O=C(NCc1cccc(NC(=O)C(F)(F)F)c1)c1c(F)cccc1Cl. The molecule has 9 heteroatoms. The summed E-state index contributed by atoms with van der Waals surface area (Å²) in [5.74, 6) is -3.67. The van der Waals surface area contributed by atoms with Crippen molar-refractivity contribution in [2.24, 2.45) is 0 Å². The summed E-state index contributed by atoms with van der Waals surface area (Å²) in [6.45, 7) is -0.0980. The smallest absolute Gasteiger partial charge is 0.348 e. The van der Waals surface area contributed by atoms with E-state index in [1.54, 1.807) is 5.32 Å². The molecule has 0 aliphatic rings. The highest BCUT2D eigenvalue weighted by atomic mass is 35.5. The Kier molecular flexibility index (Phi) is 5.63. The Morgan fingerprint density at radius 2 is 1.76 bits per heavy atom. The Hall–Kier alpha value is -2.61. The van der Waals surface area contributed by atoms with Gasteiger partial charge >= 0.3 is 12.1 Å². The van der Waals surface area contributed by atoms with Gasteiger partial charge in [-0.1, -0.05) is 29.8 Å². The quantitative estimate of drug-likeness (QED) is 0.797. The van der Waals surface area contributed by atoms with Crippen LogP contribution in [0.1, 0.15) is 15.9 Å². The van der Waals surface area contributed by atoms with E-state index in [0.29, 0.717) is 5.56 Å². The maximum absolute atomic E-state index is 13.6. The zero-order chi connectivity index (χ0) is 18.6. The first kappa shape index (κ1) is 18.7. The maximum atomic E-state index is 13.6. The van der Waals surface area contributed by atoms with E-state index in [0.717, 1.165) is 6.07 Å². The van der Waals surface area contributed by atoms with Crippen LogP contribution in [0.2, 0.25) is 5.02 Å². The lowest BCUT2D eigenvalue weighted by Crippen LogP contribution is -2.30. The molecule has 0 aliphatic carbocycles. The van der Waals surface area contributed by atoms with Gasteiger partial charge in [-0.05, 0) is 29.8 Å². The zero-order valence-corrected chi connectivity index (χ0v) is 13.2. The van der Waals surface area contributed by atoms with Crippen LogP contribution in [0, 0.1) is 5.82 Å². The standard InChI is InChI=1S/C16H11ClF4N2O2/c17-11-5-2-6-12(18)13(11)14(24)22-8-9-3-1-4-10(7-9)23-15(25)16(19,20)21/h1-7H,8H2,(H,22,24)(H,23,25). The summed E-state index contributed by atoms with van der Waals surface area (Å²) in [7, 11) is 0. The zero-order valence-electron chi connectivity index (χ0n) is 12.5. The fourth-order valence-electron chi connectivity index (χ4n) is 1.95. The lowest BCUT2D eigenvalue weighted by atomic mass is 10.1. The number of amides is 2. The Bertz CT molecular complexity index is 789. The van der Waals surface area contributed by atoms with E-state index in [2.05, 4.69) is 5.32 Å². The second-order valence-electron chi connectivity index (χ2n) is 4.93. The first-order valence-electron chi connectivity index (χ1n) is 6.88. The fourth-order valence-corrected chi connectivity index (χ4v) is 2.20. The number of halogens is 5. The van der Waals surface area contributed by atoms with E-state index in [4.69, 9.17) is 11.6 Å². The molecule has 0 spiro atoms. The van der Waals surface area contributed by atoms with Crippen LogP contribution in [0.3, 0.4) is 0 Å². The molecule has 4 nitrogen and oxygen atoms in total. The molecule has 0 radical (unpaired) electrons. The number of benzene rings is 2. The van der Waals surface area contributed by atoms with Crippen molar-refractivity contribution in [1.82, 2.24) is 5.32 Å². The van der Waals surface area contributed by atoms with Crippen molar-refractivity contribution in [3.63, 3.8) is 0 Å². The number of rotatable bonds is 4. The van der Waals surface area contributed by atoms with Crippen LogP contribution < -0.4 is 10.6 Å². The summed E-state index contributed by atoms with van der Waals surface area (Å²) in [4.78, 5) is 22.9. The molecule has 0 fully saturated rings. The van der Waals surface area contributed by atoms with Crippen molar-refractivity contribution in [3.8, 4) is 0 Å². The van der Waals surface area contributed by atoms with Gasteiger partial charge < -0.3 is 10.6 Å². The molecule has 2 aromatic carbocycles. The second kappa shape index (κ2) is 7.52. The van der Waals surface area contributed by atoms with E-state index < -0.39 is 23.8 Å². The Morgan fingerprint density at radius 3 is 2.40 bits per heavy atom. The molecule has 2 rings (SSSR count). The molecule has 0 aromatic heterocycles. The van der Waals surface area contributed by atoms with Gasteiger partial charge in [0.05, 0.1) is 10.6 Å². The number of hydrogen-bond acceptors (Lipinski definition) is 2. The number of anilines is 1. The Morgan fingerprint density at radius 1 is 1.08 bits per heavy atom. The van der Waals surface area contributed by atoms with Gasteiger partial charge in [-0.2, -0.15) is 13.2 Å². The molecule has 2 aromatic rings. The molecule has 0 unspecified atom stereocenters. The minimum atomic E-state index is -5.01. The van der Waals surface area contributed by atoms with Crippen molar-refractivity contribution in [1.29, 1.82) is 0 Å². The van der Waals surface area contributed by atoms with E-state index in [1.165, 1.54) is 36.4 Å². The predicted molar refractivity (Wildman–Crippen MR) is 83.7 cm³/mol. The first-order valence-corrected chi connectivity index (χ1v) is 7.25. The lowest BCUT2D eigenvalue weighted by molar-refractivity contribution is -0.167. The molecule has 2 N–H and O–H groups in total. The van der Waals surface area contributed by atoms with Crippen LogP contribution in [0.25, 0.3) is 0 Å². The predicted octanol–water partition coefficient (Wildman–Crippen LogP) is 3.91. The van der Waals surface area contributed by atoms with Crippen molar-refractivity contribution >= 4 is 29.1 Å². The average Bonchev–Trinajstić information content (AvgIpc) is 2.52. The van der Waals surface area contributed by atoms with E-state index in [-0.39, 0.29) is 22.8 Å². The van der Waals surface area contributed by atoms with Crippen LogP contribution >= 0.6 is 11.6 Å². The van der Waals surface area contributed by atoms with Gasteiger partial charge in [-0.3, -0.25) is 9.59 Å². The number of carbonyl (C=O) groups excluding carboxylic acids is 2. The molecule has 0 saturated heterocycles. The maximum Gasteiger partial charge on any atom is 0.471 e. The van der Waals surface area contributed by atoms with Gasteiger partial charge in [0.1, 0.15) is 5.82 Å². The largest absolute Gasteiger partial charge is 0.471 e. The molecular formula is C16H11ClF4N2O2. The van der Waals surface area contributed by atoms with Crippen molar-refractivity contribution in [3.05, 3.63) is 64.4 Å². The van der Waals surface area contributed by atoms with Gasteiger partial charge in [0.25, 0.3) is 5.91 Å². The minimum absolute atomic E-state index is 0.0660. The summed E-state index contributed by atoms with van der Waals surface area (Å²) in [5.41, 5.74) is -0.00974. The Balaban J connectivity index is 2.05. The van der Waals surface area contributed by atoms with Gasteiger partial charge in [0, 0.05) is 12.2 Å². The third-order valence-corrected chi connectivity index (χ3v) is 3.40. The van der Waals surface area contributed by atoms with Gasteiger partial charge in [-0.25, -0.2) is 4.39 Å². The minimum Gasteiger partial charge on any atom is -0.348 e. The van der Waals surface area contributed by atoms with E-state index in [9.17, 15) is 27.2 Å².